The van der Waals surface area contributed by atoms with Gasteiger partial charge < -0.3 is 0 Å². The predicted molar refractivity (Wildman–Crippen MR) is 134 cm³/mol. The lowest BCUT2D eigenvalue weighted by Gasteiger charge is -2.08. The number of hydrogen-bond donors (Lipinski definition) is 0. The van der Waals surface area contributed by atoms with Crippen LogP contribution in [0.25, 0.3) is 16.7 Å². The molecule has 0 aliphatic rings. The first-order valence-electron chi connectivity index (χ1n) is 10.5. The number of rotatable bonds is 5. The second-order valence-corrected chi connectivity index (χ2v) is 8.80. The molecule has 3 nitrogen and oxygen atoms in total. The molecule has 0 spiro atoms. The van der Waals surface area contributed by atoms with Crippen LogP contribution in [0, 0.1) is 20.8 Å². The Labute approximate surface area is 188 Å². The maximum absolute atomic E-state index is 5.04. The topological polar surface area (TPSA) is 30.2 Å². The zero-order valence-electron chi connectivity index (χ0n) is 18.7. The summed E-state index contributed by atoms with van der Waals surface area (Å²) in [6, 6.07) is 21.1. The van der Waals surface area contributed by atoms with Gasteiger partial charge in [-0.15, -0.1) is 0 Å². The first-order valence-corrected chi connectivity index (χ1v) is 11.3. The van der Waals surface area contributed by atoms with E-state index in [0.29, 0.717) is 0 Å². The summed E-state index contributed by atoms with van der Waals surface area (Å²) >= 11 is 1.70. The third-order valence-corrected chi connectivity index (χ3v) is 6.45. The molecule has 0 bridgehead atoms. The second-order valence-electron chi connectivity index (χ2n) is 7.78. The number of pyridine rings is 1. The smallest absolute Gasteiger partial charge is 0.151 e. The second kappa shape index (κ2) is 8.94. The highest BCUT2D eigenvalue weighted by Gasteiger charge is 2.19. The van der Waals surface area contributed by atoms with Gasteiger partial charge in [0, 0.05) is 33.4 Å². The van der Waals surface area contributed by atoms with Crippen LogP contribution in [-0.4, -0.2) is 14.7 Å². The summed E-state index contributed by atoms with van der Waals surface area (Å²) < 4.78 is 2.23. The van der Waals surface area contributed by atoms with Gasteiger partial charge in [0.25, 0.3) is 0 Å². The van der Waals surface area contributed by atoms with E-state index in [2.05, 4.69) is 80.2 Å². The Morgan fingerprint density at radius 1 is 0.968 bits per heavy atom. The van der Waals surface area contributed by atoms with Crippen molar-refractivity contribution in [2.45, 2.75) is 39.5 Å². The Kier molecular flexibility index (Phi) is 6.10. The van der Waals surface area contributed by atoms with E-state index in [-0.39, 0.29) is 0 Å². The minimum absolute atomic E-state index is 0.972. The molecule has 4 heteroatoms. The van der Waals surface area contributed by atoms with Crippen molar-refractivity contribution in [3.8, 4) is 0 Å². The van der Waals surface area contributed by atoms with Crippen molar-refractivity contribution in [2.24, 2.45) is 4.99 Å². The number of allylic oxidation sites excluding steroid dienone is 1. The van der Waals surface area contributed by atoms with Crippen molar-refractivity contribution < 1.29 is 0 Å². The molecule has 0 saturated carbocycles. The first-order chi connectivity index (χ1) is 15.0. The summed E-state index contributed by atoms with van der Waals surface area (Å²) in [6.07, 6.45) is 4.00. The number of aromatic nitrogens is 2. The van der Waals surface area contributed by atoms with Crippen molar-refractivity contribution >= 4 is 34.4 Å². The fraction of sp³-hybridized carbons (Fsp3) is 0.185. The molecule has 31 heavy (non-hydrogen) atoms. The van der Waals surface area contributed by atoms with Gasteiger partial charge in [0.1, 0.15) is 0 Å². The first kappa shape index (κ1) is 21.1. The summed E-state index contributed by atoms with van der Waals surface area (Å²) in [5.41, 5.74) is 8.78. The van der Waals surface area contributed by atoms with Crippen LogP contribution in [0.5, 0.6) is 0 Å². The van der Waals surface area contributed by atoms with Gasteiger partial charge in [0.2, 0.25) is 0 Å². The highest BCUT2D eigenvalue weighted by Crippen LogP contribution is 2.33. The molecule has 2 aromatic heterocycles. The lowest BCUT2D eigenvalue weighted by Crippen LogP contribution is -1.99. The van der Waals surface area contributed by atoms with Gasteiger partial charge >= 0.3 is 0 Å². The normalized spacial score (nSPS) is 12.5. The van der Waals surface area contributed by atoms with Crippen molar-refractivity contribution in [3.05, 3.63) is 101 Å². The molecule has 4 aromatic rings. The van der Waals surface area contributed by atoms with Crippen LogP contribution in [0.3, 0.4) is 0 Å². The molecule has 156 valence electrons. The van der Waals surface area contributed by atoms with Crippen molar-refractivity contribution in [2.75, 3.05) is 0 Å². The maximum Gasteiger partial charge on any atom is 0.151 e. The van der Waals surface area contributed by atoms with Crippen molar-refractivity contribution in [1.29, 1.82) is 0 Å². The van der Waals surface area contributed by atoms with Crippen LogP contribution in [0.15, 0.2) is 82.8 Å². The maximum atomic E-state index is 5.04. The van der Waals surface area contributed by atoms with Crippen LogP contribution in [-0.2, 0) is 0 Å². The van der Waals surface area contributed by atoms with E-state index in [0.717, 1.165) is 44.8 Å². The minimum Gasteiger partial charge on any atom is -0.267 e. The molecule has 0 amide bonds. The largest absolute Gasteiger partial charge is 0.267 e. The van der Waals surface area contributed by atoms with Gasteiger partial charge in [-0.25, -0.2) is 4.98 Å². The summed E-state index contributed by atoms with van der Waals surface area (Å²) in [4.78, 5) is 11.0. The Bertz CT molecular complexity index is 1280. The Hall–Kier alpha value is -3.11. The molecule has 0 unspecified atom stereocenters. The van der Waals surface area contributed by atoms with Crippen LogP contribution < -0.4 is 0 Å². The average Bonchev–Trinajstić information content (AvgIpc) is 3.04. The fourth-order valence-electron chi connectivity index (χ4n) is 3.78. The highest BCUT2D eigenvalue weighted by molar-refractivity contribution is 7.98. The Morgan fingerprint density at radius 3 is 2.35 bits per heavy atom. The van der Waals surface area contributed by atoms with E-state index < -0.39 is 0 Å². The molecular formula is C27H27N3S. The van der Waals surface area contributed by atoms with E-state index in [9.17, 15) is 0 Å². The van der Waals surface area contributed by atoms with Crippen molar-refractivity contribution in [3.63, 3.8) is 0 Å². The monoisotopic (exact) mass is 425 g/mol. The summed E-state index contributed by atoms with van der Waals surface area (Å²) in [5.74, 6) is 0. The zero-order chi connectivity index (χ0) is 22.0. The molecule has 0 radical (unpaired) electrons. The van der Waals surface area contributed by atoms with E-state index in [4.69, 9.17) is 9.98 Å². The van der Waals surface area contributed by atoms with E-state index in [1.165, 1.54) is 10.5 Å². The average molecular weight is 426 g/mol. The lowest BCUT2D eigenvalue weighted by molar-refractivity contribution is 1.16. The predicted octanol–water partition coefficient (Wildman–Crippen LogP) is 7.39. The molecule has 0 aliphatic heterocycles. The molecule has 2 aromatic carbocycles. The van der Waals surface area contributed by atoms with Gasteiger partial charge in [0.15, 0.2) is 5.65 Å². The number of benzene rings is 2. The number of hydrogen-bond acceptors (Lipinski definition) is 3. The molecule has 4 rings (SSSR count). The molecule has 2 heterocycles. The quantitative estimate of drug-likeness (QED) is 0.312. The third kappa shape index (κ3) is 4.35. The van der Waals surface area contributed by atoms with Crippen molar-refractivity contribution in [1.82, 2.24) is 8.96 Å². The molecular weight excluding hydrogens is 398 g/mol. The molecule has 0 atom stereocenters. The van der Waals surface area contributed by atoms with Gasteiger partial charge in [-0.2, -0.15) is 0 Å². The highest BCUT2D eigenvalue weighted by atomic mass is 32.2. The summed E-state index contributed by atoms with van der Waals surface area (Å²) in [7, 11) is 0. The molecule has 0 fully saturated rings. The van der Waals surface area contributed by atoms with Crippen LogP contribution in [0.2, 0.25) is 0 Å². The van der Waals surface area contributed by atoms with Crippen LogP contribution in [0.4, 0.5) is 0 Å². The zero-order valence-corrected chi connectivity index (χ0v) is 19.5. The van der Waals surface area contributed by atoms with E-state index >= 15 is 0 Å². The number of aryl methyl sites for hydroxylation is 2. The Balaban J connectivity index is 1.84. The fourth-order valence-corrected chi connectivity index (χ4v) is 4.71. The third-order valence-electron chi connectivity index (χ3n) is 5.34. The molecule has 0 aliphatic carbocycles. The summed E-state index contributed by atoms with van der Waals surface area (Å²) in [5, 5.41) is 1.14. The van der Waals surface area contributed by atoms with Gasteiger partial charge in [-0.05, 0) is 75.9 Å². The number of nitrogens with zero attached hydrogens (tertiary/aromatic N) is 3. The van der Waals surface area contributed by atoms with Crippen LogP contribution in [0.1, 0.15) is 41.8 Å². The SMILES string of the molecule is C/C=C(\N=C(C)c1c(C)n(Sc2ccc(C)cc2)c2ncc(C)cc12)c1ccccc1. The number of aliphatic imine (C=N–C) groups is 1. The van der Waals surface area contributed by atoms with Gasteiger partial charge in [-0.1, -0.05) is 54.1 Å². The lowest BCUT2D eigenvalue weighted by atomic mass is 10.1. The van der Waals surface area contributed by atoms with Gasteiger partial charge in [0.05, 0.1) is 5.70 Å². The number of fused-ring (bicyclic) bond motifs is 1. The summed E-state index contributed by atoms with van der Waals surface area (Å²) in [6.45, 7) is 10.5. The van der Waals surface area contributed by atoms with Crippen LogP contribution >= 0.6 is 11.9 Å². The minimum atomic E-state index is 0.972. The van der Waals surface area contributed by atoms with E-state index in [1.54, 1.807) is 11.9 Å². The van der Waals surface area contributed by atoms with E-state index in [1.807, 2.05) is 31.3 Å². The standard InChI is InChI=1S/C27H27N3S/c1-6-25(22-10-8-7-9-11-22)29-20(4)26-21(5)30(27-24(26)16-19(3)17-28-27)31-23-14-12-18(2)13-15-23/h6-17H,1-5H3/b25-6-,29-20?. The molecule has 0 saturated heterocycles. The molecule has 0 N–H and O–H groups in total. The van der Waals surface area contributed by atoms with Gasteiger partial charge in [-0.3, -0.25) is 8.96 Å². The Morgan fingerprint density at radius 2 is 1.68 bits per heavy atom.